The Balaban J connectivity index is 2.08. The number of hydrogen-bond donors (Lipinski definition) is 2. The molecule has 0 aliphatic heterocycles. The topological polar surface area (TPSA) is 79.5 Å². The molecule has 0 aliphatic rings. The summed E-state index contributed by atoms with van der Waals surface area (Å²) in [5.41, 5.74) is 2.49. The van der Waals surface area contributed by atoms with E-state index in [-0.39, 0.29) is 18.1 Å². The van der Waals surface area contributed by atoms with Gasteiger partial charge in [0.2, 0.25) is 5.78 Å². The molecule has 0 bridgehead atoms. The first-order valence-corrected chi connectivity index (χ1v) is 7.15. The summed E-state index contributed by atoms with van der Waals surface area (Å²) in [6.07, 6.45) is 0. The highest BCUT2D eigenvalue weighted by molar-refractivity contribution is 6.15. The third-order valence-corrected chi connectivity index (χ3v) is 3.53. The van der Waals surface area contributed by atoms with Crippen LogP contribution in [0.1, 0.15) is 21.7 Å². The average Bonchev–Trinajstić information content (AvgIpc) is 2.91. The first-order valence-electron chi connectivity index (χ1n) is 7.15. The number of nitrogens with one attached hydrogen (secondary N) is 1. The number of para-hydroxylation sites is 1. The number of anilines is 1. The zero-order chi connectivity index (χ0) is 16.4. The Labute approximate surface area is 132 Å². The minimum Gasteiger partial charge on any atom is -0.480 e. The van der Waals surface area contributed by atoms with Crippen molar-refractivity contribution >= 4 is 28.4 Å². The van der Waals surface area contributed by atoms with Crippen LogP contribution in [-0.2, 0) is 4.79 Å². The van der Waals surface area contributed by atoms with Crippen molar-refractivity contribution in [2.45, 2.75) is 6.92 Å². The molecule has 0 spiro atoms. The van der Waals surface area contributed by atoms with E-state index in [0.29, 0.717) is 22.2 Å². The summed E-state index contributed by atoms with van der Waals surface area (Å²) in [5, 5.41) is 12.4. The van der Waals surface area contributed by atoms with Gasteiger partial charge in [-0.1, -0.05) is 42.0 Å². The van der Waals surface area contributed by atoms with Crippen molar-refractivity contribution in [1.82, 2.24) is 0 Å². The maximum atomic E-state index is 12.7. The van der Waals surface area contributed by atoms with E-state index in [1.807, 2.05) is 25.1 Å². The Bertz CT molecular complexity index is 878. The Morgan fingerprint density at radius 2 is 1.78 bits per heavy atom. The van der Waals surface area contributed by atoms with Crippen LogP contribution in [-0.4, -0.2) is 23.4 Å². The molecule has 3 rings (SSSR count). The number of rotatable bonds is 5. The van der Waals surface area contributed by atoms with Gasteiger partial charge in [0.05, 0.1) is 5.69 Å². The fourth-order valence-electron chi connectivity index (χ4n) is 2.38. The van der Waals surface area contributed by atoms with Crippen LogP contribution in [0, 0.1) is 6.92 Å². The van der Waals surface area contributed by atoms with Crippen LogP contribution >= 0.6 is 0 Å². The lowest BCUT2D eigenvalue weighted by molar-refractivity contribution is -0.134. The molecule has 5 heteroatoms. The predicted molar refractivity (Wildman–Crippen MR) is 87.0 cm³/mol. The first kappa shape index (κ1) is 14.8. The van der Waals surface area contributed by atoms with Crippen molar-refractivity contribution < 1.29 is 19.1 Å². The minimum absolute atomic E-state index is 0.122. The molecule has 0 saturated carbocycles. The molecule has 0 radical (unpaired) electrons. The van der Waals surface area contributed by atoms with E-state index in [0.717, 1.165) is 5.56 Å². The second kappa shape index (κ2) is 5.96. The fraction of sp³-hybridized carbons (Fsp3) is 0.111. The first-order chi connectivity index (χ1) is 11.1. The number of hydrogen-bond acceptors (Lipinski definition) is 4. The smallest absolute Gasteiger partial charge is 0.322 e. The van der Waals surface area contributed by atoms with E-state index in [1.165, 1.54) is 0 Å². The lowest BCUT2D eigenvalue weighted by atomic mass is 10.1. The Kier molecular flexibility index (Phi) is 3.85. The molecule has 1 aromatic heterocycles. The van der Waals surface area contributed by atoms with Gasteiger partial charge in [-0.2, -0.15) is 0 Å². The van der Waals surface area contributed by atoms with E-state index in [2.05, 4.69) is 5.32 Å². The lowest BCUT2D eigenvalue weighted by Crippen LogP contribution is -2.14. The van der Waals surface area contributed by atoms with Gasteiger partial charge in [-0.25, -0.2) is 0 Å². The number of aliphatic carboxylic acids is 1. The van der Waals surface area contributed by atoms with Gasteiger partial charge in [0.15, 0.2) is 5.76 Å². The largest absolute Gasteiger partial charge is 0.480 e. The van der Waals surface area contributed by atoms with Crippen molar-refractivity contribution in [2.24, 2.45) is 0 Å². The average molecular weight is 309 g/mol. The number of carboxylic acid groups (broad SMARTS) is 1. The molecule has 116 valence electrons. The molecule has 2 aromatic carbocycles. The quantitative estimate of drug-likeness (QED) is 0.705. The normalized spacial score (nSPS) is 10.7. The van der Waals surface area contributed by atoms with Crippen LogP contribution in [0.4, 0.5) is 5.69 Å². The Morgan fingerprint density at radius 1 is 1.09 bits per heavy atom. The Hall–Kier alpha value is -3.08. The number of aryl methyl sites for hydroxylation is 1. The number of carbonyl (C=O) groups is 2. The van der Waals surface area contributed by atoms with Gasteiger partial charge in [-0.05, 0) is 19.1 Å². The summed E-state index contributed by atoms with van der Waals surface area (Å²) in [4.78, 5) is 23.6. The van der Waals surface area contributed by atoms with Crippen LogP contribution in [0.3, 0.4) is 0 Å². The van der Waals surface area contributed by atoms with Crippen LogP contribution in [0.15, 0.2) is 52.9 Å². The van der Waals surface area contributed by atoms with Crippen molar-refractivity contribution in [3.63, 3.8) is 0 Å². The zero-order valence-corrected chi connectivity index (χ0v) is 12.5. The standard InChI is InChI=1S/C18H15NO4/c1-11-6-8-12(9-7-11)17(22)18-16(19-10-15(20)21)13-4-2-3-5-14(13)23-18/h2-9,19H,10H2,1H3,(H,20,21). The minimum atomic E-state index is -1.01. The lowest BCUT2D eigenvalue weighted by Gasteiger charge is -2.04. The van der Waals surface area contributed by atoms with Crippen molar-refractivity contribution in [2.75, 3.05) is 11.9 Å². The highest BCUT2D eigenvalue weighted by Crippen LogP contribution is 2.32. The molecule has 0 atom stereocenters. The molecule has 23 heavy (non-hydrogen) atoms. The van der Waals surface area contributed by atoms with Crippen LogP contribution in [0.2, 0.25) is 0 Å². The monoisotopic (exact) mass is 309 g/mol. The van der Waals surface area contributed by atoms with Crippen LogP contribution in [0.5, 0.6) is 0 Å². The van der Waals surface area contributed by atoms with Gasteiger partial charge in [0.1, 0.15) is 12.1 Å². The second-order valence-electron chi connectivity index (χ2n) is 5.24. The van der Waals surface area contributed by atoms with E-state index in [9.17, 15) is 9.59 Å². The van der Waals surface area contributed by atoms with Gasteiger partial charge in [-0.3, -0.25) is 9.59 Å². The number of carbonyl (C=O) groups excluding carboxylic acids is 1. The summed E-state index contributed by atoms with van der Waals surface area (Å²) >= 11 is 0. The van der Waals surface area contributed by atoms with Crippen molar-refractivity contribution in [3.8, 4) is 0 Å². The van der Waals surface area contributed by atoms with Crippen molar-refractivity contribution in [1.29, 1.82) is 0 Å². The second-order valence-corrected chi connectivity index (χ2v) is 5.24. The van der Waals surface area contributed by atoms with Crippen LogP contribution in [0.25, 0.3) is 11.0 Å². The zero-order valence-electron chi connectivity index (χ0n) is 12.5. The Morgan fingerprint density at radius 3 is 2.48 bits per heavy atom. The molecule has 0 fully saturated rings. The van der Waals surface area contributed by atoms with Crippen molar-refractivity contribution in [3.05, 3.63) is 65.4 Å². The van der Waals surface area contributed by atoms with E-state index >= 15 is 0 Å². The number of benzene rings is 2. The highest BCUT2D eigenvalue weighted by Gasteiger charge is 2.22. The summed E-state index contributed by atoms with van der Waals surface area (Å²) in [6.45, 7) is 1.65. The molecule has 0 unspecified atom stereocenters. The SMILES string of the molecule is Cc1ccc(C(=O)c2oc3ccccc3c2NCC(=O)O)cc1. The maximum absolute atomic E-state index is 12.7. The third kappa shape index (κ3) is 2.94. The number of fused-ring (bicyclic) bond motifs is 1. The molecule has 0 aliphatic carbocycles. The van der Waals surface area contributed by atoms with E-state index in [1.54, 1.807) is 30.3 Å². The van der Waals surface area contributed by atoms with Gasteiger partial charge < -0.3 is 14.8 Å². The molecule has 1 heterocycles. The predicted octanol–water partition coefficient (Wildman–Crippen LogP) is 3.47. The van der Waals surface area contributed by atoms with Gasteiger partial charge in [0, 0.05) is 10.9 Å². The summed E-state index contributed by atoms with van der Waals surface area (Å²) in [6, 6.07) is 14.3. The third-order valence-electron chi connectivity index (χ3n) is 3.53. The molecule has 0 amide bonds. The molecule has 2 N–H and O–H groups in total. The van der Waals surface area contributed by atoms with E-state index < -0.39 is 5.97 Å². The van der Waals surface area contributed by atoms with Crippen LogP contribution < -0.4 is 5.32 Å². The summed E-state index contributed by atoms with van der Waals surface area (Å²) < 4.78 is 5.67. The fourth-order valence-corrected chi connectivity index (χ4v) is 2.38. The van der Waals surface area contributed by atoms with E-state index in [4.69, 9.17) is 9.52 Å². The summed E-state index contributed by atoms with van der Waals surface area (Å²) in [7, 11) is 0. The molecule has 5 nitrogen and oxygen atoms in total. The number of carboxylic acids is 1. The summed E-state index contributed by atoms with van der Waals surface area (Å²) in [5.74, 6) is -1.17. The molecule has 0 saturated heterocycles. The van der Waals surface area contributed by atoms with Gasteiger partial charge in [0.25, 0.3) is 0 Å². The number of furan rings is 1. The number of ketones is 1. The highest BCUT2D eigenvalue weighted by atomic mass is 16.4. The molecular weight excluding hydrogens is 294 g/mol. The maximum Gasteiger partial charge on any atom is 0.322 e. The van der Waals surface area contributed by atoms with Gasteiger partial charge in [-0.15, -0.1) is 0 Å². The van der Waals surface area contributed by atoms with Gasteiger partial charge >= 0.3 is 5.97 Å². The molecule has 3 aromatic rings. The molecular formula is C18H15NO4.